The molecule has 7 heteroatoms. The molecule has 3 fully saturated rings. The number of benzene rings is 1. The van der Waals surface area contributed by atoms with Gasteiger partial charge >= 0.3 is 0 Å². The van der Waals surface area contributed by atoms with Crippen molar-refractivity contribution in [3.8, 4) is 0 Å². The summed E-state index contributed by atoms with van der Waals surface area (Å²) >= 11 is 0. The summed E-state index contributed by atoms with van der Waals surface area (Å²) in [5.41, 5.74) is 0.682. The number of carbonyl (C=O) groups is 2. The molecule has 0 aromatic heterocycles. The fourth-order valence-electron chi connectivity index (χ4n) is 4.42. The van der Waals surface area contributed by atoms with E-state index in [1.54, 1.807) is 17.0 Å². The van der Waals surface area contributed by atoms with E-state index in [0.29, 0.717) is 57.8 Å². The van der Waals surface area contributed by atoms with Gasteiger partial charge in [-0.05, 0) is 30.5 Å². The number of rotatable bonds is 3. The van der Waals surface area contributed by atoms with Crippen LogP contribution in [0.1, 0.15) is 31.2 Å². The molecule has 28 heavy (non-hydrogen) atoms. The molecular weight excluding hydrogens is 363 g/mol. The van der Waals surface area contributed by atoms with Crippen molar-refractivity contribution in [3.05, 3.63) is 35.6 Å². The summed E-state index contributed by atoms with van der Waals surface area (Å²) in [7, 11) is 0. The van der Waals surface area contributed by atoms with Gasteiger partial charge in [-0.15, -0.1) is 0 Å². The highest BCUT2D eigenvalue weighted by atomic mass is 19.1. The Labute approximate surface area is 164 Å². The summed E-state index contributed by atoms with van der Waals surface area (Å²) in [4.78, 5) is 29.1. The van der Waals surface area contributed by atoms with Crippen molar-refractivity contribution in [3.63, 3.8) is 0 Å². The van der Waals surface area contributed by atoms with Crippen molar-refractivity contribution in [1.82, 2.24) is 9.80 Å². The van der Waals surface area contributed by atoms with Gasteiger partial charge in [-0.1, -0.05) is 12.1 Å². The topological polar surface area (TPSA) is 59.1 Å². The molecule has 0 unspecified atom stereocenters. The predicted molar refractivity (Wildman–Crippen MR) is 99.9 cm³/mol. The number of hydrogen-bond acceptors (Lipinski definition) is 4. The number of halogens is 1. The maximum Gasteiger partial charge on any atom is 0.226 e. The van der Waals surface area contributed by atoms with Crippen LogP contribution in [0, 0.1) is 11.7 Å². The summed E-state index contributed by atoms with van der Waals surface area (Å²) in [6, 6.07) is 6.15. The lowest BCUT2D eigenvalue weighted by Gasteiger charge is -2.40. The zero-order chi connectivity index (χ0) is 19.6. The zero-order valence-corrected chi connectivity index (χ0v) is 16.1. The monoisotopic (exact) mass is 390 g/mol. The van der Waals surface area contributed by atoms with Crippen LogP contribution in [0.25, 0.3) is 0 Å². The maximum absolute atomic E-state index is 13.3. The quantitative estimate of drug-likeness (QED) is 0.792. The number of ether oxygens (including phenoxy) is 2. The molecule has 0 atom stereocenters. The van der Waals surface area contributed by atoms with Gasteiger partial charge in [-0.2, -0.15) is 0 Å². The first kappa shape index (κ1) is 19.3. The van der Waals surface area contributed by atoms with Crippen molar-refractivity contribution >= 4 is 11.8 Å². The highest BCUT2D eigenvalue weighted by Crippen LogP contribution is 2.32. The molecule has 2 amide bonds. The normalized spacial score (nSPS) is 22.6. The highest BCUT2D eigenvalue weighted by molar-refractivity contribution is 5.81. The van der Waals surface area contributed by atoms with Crippen LogP contribution in [0.3, 0.4) is 0 Å². The Morgan fingerprint density at radius 2 is 1.71 bits per heavy atom. The molecule has 6 nitrogen and oxygen atoms in total. The first-order chi connectivity index (χ1) is 13.5. The number of likely N-dealkylation sites (tertiary alicyclic amines) is 2. The average Bonchev–Trinajstić information content (AvgIpc) is 3.16. The number of amides is 2. The molecule has 1 spiro atoms. The van der Waals surface area contributed by atoms with E-state index in [0.717, 1.165) is 12.8 Å². The fraction of sp³-hybridized carbons (Fsp3) is 0.619. The van der Waals surface area contributed by atoms with Gasteiger partial charge in [0.1, 0.15) is 5.82 Å². The molecule has 152 valence electrons. The largest absolute Gasteiger partial charge is 0.347 e. The van der Waals surface area contributed by atoms with E-state index in [-0.39, 0.29) is 30.0 Å². The first-order valence-electron chi connectivity index (χ1n) is 10.1. The second-order valence-electron chi connectivity index (χ2n) is 7.89. The smallest absolute Gasteiger partial charge is 0.226 e. The minimum Gasteiger partial charge on any atom is -0.347 e. The third-order valence-electron chi connectivity index (χ3n) is 6.09. The van der Waals surface area contributed by atoms with Crippen LogP contribution >= 0.6 is 0 Å². The van der Waals surface area contributed by atoms with Crippen LogP contribution in [0.4, 0.5) is 4.39 Å². The van der Waals surface area contributed by atoms with E-state index in [9.17, 15) is 14.0 Å². The molecule has 4 rings (SSSR count). The van der Waals surface area contributed by atoms with Gasteiger partial charge in [0.2, 0.25) is 11.8 Å². The highest BCUT2D eigenvalue weighted by Gasteiger charge is 2.42. The molecule has 3 heterocycles. The van der Waals surface area contributed by atoms with E-state index >= 15 is 0 Å². The van der Waals surface area contributed by atoms with Crippen LogP contribution in [0.5, 0.6) is 0 Å². The third-order valence-corrected chi connectivity index (χ3v) is 6.09. The van der Waals surface area contributed by atoms with E-state index in [1.807, 2.05) is 4.90 Å². The first-order valence-corrected chi connectivity index (χ1v) is 10.1. The molecule has 0 aliphatic carbocycles. The Kier molecular flexibility index (Phi) is 5.64. The summed E-state index contributed by atoms with van der Waals surface area (Å²) in [6.07, 6.45) is 3.02. The lowest BCUT2D eigenvalue weighted by atomic mass is 9.93. The molecule has 0 N–H and O–H groups in total. The maximum atomic E-state index is 13.3. The Morgan fingerprint density at radius 3 is 2.36 bits per heavy atom. The summed E-state index contributed by atoms with van der Waals surface area (Å²) in [6.45, 7) is 3.75. The van der Waals surface area contributed by atoms with Crippen LogP contribution < -0.4 is 0 Å². The Hall–Kier alpha value is -1.99. The molecule has 3 aliphatic heterocycles. The van der Waals surface area contributed by atoms with Gasteiger partial charge in [0.25, 0.3) is 0 Å². The minimum atomic E-state index is -0.469. The standard InChI is InChI=1S/C21H27FN2O4/c22-18-3-1-2-16(14-18)15-19(25)23-8-4-17(5-9-23)20(26)24-10-6-21(7-11-24)27-12-13-28-21/h1-3,14,17H,4-13,15H2. The minimum absolute atomic E-state index is 0.00746. The lowest BCUT2D eigenvalue weighted by molar-refractivity contribution is -0.188. The molecule has 3 saturated heterocycles. The van der Waals surface area contributed by atoms with Gasteiger partial charge in [0.15, 0.2) is 5.79 Å². The number of piperidine rings is 2. The number of hydrogen-bond donors (Lipinski definition) is 0. The Balaban J connectivity index is 1.24. The van der Waals surface area contributed by atoms with Crippen molar-refractivity contribution in [2.24, 2.45) is 5.92 Å². The Morgan fingerprint density at radius 1 is 1.04 bits per heavy atom. The molecular formula is C21H27FN2O4. The SMILES string of the molecule is O=C(Cc1cccc(F)c1)N1CCC(C(=O)N2CCC3(CC2)OCCO3)CC1. The van der Waals surface area contributed by atoms with Crippen LogP contribution in [-0.2, 0) is 25.5 Å². The van der Waals surface area contributed by atoms with Crippen LogP contribution in [0.15, 0.2) is 24.3 Å². The van der Waals surface area contributed by atoms with Gasteiger partial charge in [-0.25, -0.2) is 4.39 Å². The average molecular weight is 390 g/mol. The van der Waals surface area contributed by atoms with E-state index in [1.165, 1.54) is 12.1 Å². The van der Waals surface area contributed by atoms with E-state index < -0.39 is 5.79 Å². The van der Waals surface area contributed by atoms with Crippen LogP contribution in [0.2, 0.25) is 0 Å². The number of carbonyl (C=O) groups excluding carboxylic acids is 2. The number of nitrogens with zero attached hydrogens (tertiary/aromatic N) is 2. The van der Waals surface area contributed by atoms with Crippen molar-refractivity contribution in [2.75, 3.05) is 39.4 Å². The van der Waals surface area contributed by atoms with E-state index in [2.05, 4.69) is 0 Å². The van der Waals surface area contributed by atoms with Gasteiger partial charge in [-0.3, -0.25) is 9.59 Å². The van der Waals surface area contributed by atoms with Crippen LogP contribution in [-0.4, -0.2) is 66.8 Å². The van der Waals surface area contributed by atoms with Gasteiger partial charge in [0, 0.05) is 44.9 Å². The molecule has 3 aliphatic rings. The van der Waals surface area contributed by atoms with E-state index in [4.69, 9.17) is 9.47 Å². The third kappa shape index (κ3) is 4.20. The molecule has 0 saturated carbocycles. The van der Waals surface area contributed by atoms with Gasteiger partial charge in [0.05, 0.1) is 19.6 Å². The molecule has 0 radical (unpaired) electrons. The van der Waals surface area contributed by atoms with Crippen molar-refractivity contribution in [1.29, 1.82) is 0 Å². The summed E-state index contributed by atoms with van der Waals surface area (Å²) in [5.74, 6) is -0.648. The van der Waals surface area contributed by atoms with Crippen molar-refractivity contribution in [2.45, 2.75) is 37.9 Å². The molecule has 0 bridgehead atoms. The summed E-state index contributed by atoms with van der Waals surface area (Å²) < 4.78 is 24.7. The second kappa shape index (κ2) is 8.17. The lowest BCUT2D eigenvalue weighted by Crippen LogP contribution is -2.50. The molecule has 1 aromatic rings. The summed E-state index contributed by atoms with van der Waals surface area (Å²) in [5, 5.41) is 0. The fourth-order valence-corrected chi connectivity index (χ4v) is 4.42. The Bertz CT molecular complexity index is 717. The van der Waals surface area contributed by atoms with Crippen molar-refractivity contribution < 1.29 is 23.5 Å². The second-order valence-corrected chi connectivity index (χ2v) is 7.89. The zero-order valence-electron chi connectivity index (χ0n) is 16.1. The predicted octanol–water partition coefficient (Wildman–Crippen LogP) is 1.97. The van der Waals surface area contributed by atoms with Gasteiger partial charge < -0.3 is 19.3 Å². The molecule has 1 aromatic carbocycles.